The lowest BCUT2D eigenvalue weighted by atomic mass is 10.4. The quantitative estimate of drug-likeness (QED) is 0.781. The molecule has 2 aromatic rings. The molecular formula is C10H13N3O2. The predicted molar refractivity (Wildman–Crippen MR) is 58.2 cm³/mol. The van der Waals surface area contributed by atoms with Crippen molar-refractivity contribution in [3.63, 3.8) is 0 Å². The minimum Gasteiger partial charge on any atom is -0.307 e. The third kappa shape index (κ3) is 1.31. The normalized spacial score (nSPS) is 11.1. The van der Waals surface area contributed by atoms with Gasteiger partial charge in [0.05, 0.1) is 5.52 Å². The number of hydrogen-bond donors (Lipinski definition) is 1. The van der Waals surface area contributed by atoms with Crippen LogP contribution in [0.4, 0.5) is 0 Å². The molecule has 0 aromatic carbocycles. The van der Waals surface area contributed by atoms with Crippen molar-refractivity contribution in [2.45, 2.75) is 26.9 Å². The summed E-state index contributed by atoms with van der Waals surface area (Å²) in [5.41, 5.74) is 1.13. The first-order valence-corrected chi connectivity index (χ1v) is 5.01. The molecule has 0 amide bonds. The lowest BCUT2D eigenvalue weighted by Crippen LogP contribution is -2.23. The number of aromatic amines is 1. The third-order valence-corrected chi connectivity index (χ3v) is 2.53. The fourth-order valence-electron chi connectivity index (χ4n) is 1.82. The number of nitrogens with one attached hydrogen (secondary N) is 1. The van der Waals surface area contributed by atoms with Gasteiger partial charge in [-0.1, -0.05) is 0 Å². The summed E-state index contributed by atoms with van der Waals surface area (Å²) >= 11 is 0. The van der Waals surface area contributed by atoms with E-state index in [4.69, 9.17) is 0 Å². The summed E-state index contributed by atoms with van der Waals surface area (Å²) in [5.74, 6) is 0. The van der Waals surface area contributed by atoms with Crippen LogP contribution in [0.3, 0.4) is 0 Å². The van der Waals surface area contributed by atoms with Crippen molar-refractivity contribution in [3.05, 3.63) is 33.0 Å². The van der Waals surface area contributed by atoms with Crippen LogP contribution in [-0.2, 0) is 13.1 Å². The Kier molecular flexibility index (Phi) is 2.22. The first-order valence-electron chi connectivity index (χ1n) is 5.01. The second-order valence-electron chi connectivity index (χ2n) is 3.33. The van der Waals surface area contributed by atoms with Gasteiger partial charge < -0.3 is 4.98 Å². The number of aromatic nitrogens is 3. The molecule has 0 aliphatic carbocycles. The number of nitrogens with zero attached hydrogens (tertiary/aromatic N) is 2. The van der Waals surface area contributed by atoms with Gasteiger partial charge >= 0.3 is 5.69 Å². The summed E-state index contributed by atoms with van der Waals surface area (Å²) in [6.07, 6.45) is 0. The third-order valence-electron chi connectivity index (χ3n) is 2.53. The van der Waals surface area contributed by atoms with Crippen LogP contribution in [-0.4, -0.2) is 14.1 Å². The number of rotatable bonds is 2. The van der Waals surface area contributed by atoms with Gasteiger partial charge in [-0.3, -0.25) is 13.9 Å². The van der Waals surface area contributed by atoms with Crippen LogP contribution in [0, 0.1) is 0 Å². The van der Waals surface area contributed by atoms with Crippen LogP contribution in [0.15, 0.2) is 21.7 Å². The summed E-state index contributed by atoms with van der Waals surface area (Å²) in [7, 11) is 0. The monoisotopic (exact) mass is 207 g/mol. The molecule has 15 heavy (non-hydrogen) atoms. The Morgan fingerprint density at radius 1 is 1.13 bits per heavy atom. The fourth-order valence-corrected chi connectivity index (χ4v) is 1.82. The Labute approximate surface area is 86.0 Å². The maximum absolute atomic E-state index is 11.9. The average molecular weight is 207 g/mol. The molecule has 0 aliphatic heterocycles. The van der Waals surface area contributed by atoms with E-state index in [0.29, 0.717) is 18.7 Å². The lowest BCUT2D eigenvalue weighted by Gasteiger charge is -1.95. The summed E-state index contributed by atoms with van der Waals surface area (Å²) < 4.78 is 3.22. The summed E-state index contributed by atoms with van der Waals surface area (Å²) in [5, 5.41) is 0. The van der Waals surface area contributed by atoms with Gasteiger partial charge in [0.25, 0.3) is 0 Å². The first-order chi connectivity index (χ1) is 7.19. The molecule has 0 spiro atoms. The van der Waals surface area contributed by atoms with E-state index in [-0.39, 0.29) is 11.2 Å². The largest absolute Gasteiger partial charge is 0.330 e. The topological polar surface area (TPSA) is 59.8 Å². The van der Waals surface area contributed by atoms with Crippen molar-refractivity contribution >= 4 is 11.2 Å². The van der Waals surface area contributed by atoms with Gasteiger partial charge in [0.15, 0.2) is 0 Å². The van der Waals surface area contributed by atoms with Gasteiger partial charge in [-0.25, -0.2) is 4.79 Å². The van der Waals surface area contributed by atoms with E-state index < -0.39 is 0 Å². The zero-order chi connectivity index (χ0) is 11.0. The van der Waals surface area contributed by atoms with E-state index in [1.165, 1.54) is 6.07 Å². The molecule has 2 heterocycles. The van der Waals surface area contributed by atoms with Gasteiger partial charge in [0, 0.05) is 19.2 Å². The molecular weight excluding hydrogens is 194 g/mol. The molecule has 80 valence electrons. The number of imidazole rings is 1. The summed E-state index contributed by atoms with van der Waals surface area (Å²) in [4.78, 5) is 25.7. The van der Waals surface area contributed by atoms with Crippen LogP contribution in [0.5, 0.6) is 0 Å². The summed E-state index contributed by atoms with van der Waals surface area (Å²) in [6.45, 7) is 4.95. The Morgan fingerprint density at radius 3 is 2.40 bits per heavy atom. The van der Waals surface area contributed by atoms with Crippen molar-refractivity contribution < 1.29 is 0 Å². The molecule has 2 rings (SSSR count). The van der Waals surface area contributed by atoms with Crippen LogP contribution < -0.4 is 11.2 Å². The van der Waals surface area contributed by atoms with E-state index in [2.05, 4.69) is 4.98 Å². The Hall–Kier alpha value is -1.78. The van der Waals surface area contributed by atoms with Crippen molar-refractivity contribution in [1.82, 2.24) is 14.1 Å². The van der Waals surface area contributed by atoms with Crippen LogP contribution in [0.25, 0.3) is 11.2 Å². The lowest BCUT2D eigenvalue weighted by molar-refractivity contribution is 0.668. The van der Waals surface area contributed by atoms with E-state index >= 15 is 0 Å². The number of hydrogen-bond acceptors (Lipinski definition) is 2. The number of fused-ring (bicyclic) bond motifs is 1. The highest BCUT2D eigenvalue weighted by Crippen LogP contribution is 2.07. The Balaban J connectivity index is 2.98. The van der Waals surface area contributed by atoms with E-state index in [1.54, 1.807) is 15.2 Å². The molecule has 1 N–H and O–H groups in total. The minimum absolute atomic E-state index is 0.0724. The van der Waals surface area contributed by atoms with Gasteiger partial charge in [0.2, 0.25) is 5.56 Å². The molecule has 0 bridgehead atoms. The van der Waals surface area contributed by atoms with Gasteiger partial charge in [0.1, 0.15) is 5.65 Å². The minimum atomic E-state index is -0.182. The first kappa shape index (κ1) is 9.76. The maximum Gasteiger partial charge on any atom is 0.330 e. The maximum atomic E-state index is 11.9. The molecule has 5 heteroatoms. The van der Waals surface area contributed by atoms with Gasteiger partial charge in [-0.15, -0.1) is 0 Å². The Bertz CT molecular complexity index is 603. The fraction of sp³-hybridized carbons (Fsp3) is 0.400. The highest BCUT2D eigenvalue weighted by atomic mass is 16.2. The van der Waals surface area contributed by atoms with Crippen molar-refractivity contribution in [2.24, 2.45) is 0 Å². The highest BCUT2D eigenvalue weighted by molar-refractivity contribution is 5.71. The standard InChI is InChI=1S/C10H13N3O2/c1-3-12-7-5-6-8(14)11-9(7)13(4-2)10(12)15/h5-6H,3-4H2,1-2H3,(H,11,14). The second kappa shape index (κ2) is 3.42. The number of aryl methyl sites for hydroxylation is 2. The average Bonchev–Trinajstić information content (AvgIpc) is 2.48. The van der Waals surface area contributed by atoms with Crippen molar-refractivity contribution in [3.8, 4) is 0 Å². The molecule has 0 radical (unpaired) electrons. The Morgan fingerprint density at radius 2 is 1.80 bits per heavy atom. The predicted octanol–water partition coefficient (Wildman–Crippen LogP) is 0.531. The van der Waals surface area contributed by atoms with Gasteiger partial charge in [-0.05, 0) is 19.9 Å². The number of pyridine rings is 1. The summed E-state index contributed by atoms with van der Waals surface area (Å²) in [6, 6.07) is 3.12. The van der Waals surface area contributed by atoms with Crippen molar-refractivity contribution in [2.75, 3.05) is 0 Å². The second-order valence-corrected chi connectivity index (χ2v) is 3.33. The molecule has 0 atom stereocenters. The van der Waals surface area contributed by atoms with Crippen molar-refractivity contribution in [1.29, 1.82) is 0 Å². The smallest absolute Gasteiger partial charge is 0.307 e. The molecule has 5 nitrogen and oxygen atoms in total. The van der Waals surface area contributed by atoms with E-state index in [0.717, 1.165) is 5.52 Å². The van der Waals surface area contributed by atoms with E-state index in [1.807, 2.05) is 13.8 Å². The SMILES string of the molecule is CCn1c(=O)n(CC)c2[nH]c(=O)ccc21. The van der Waals surface area contributed by atoms with Gasteiger partial charge in [-0.2, -0.15) is 0 Å². The van der Waals surface area contributed by atoms with Crippen LogP contribution >= 0.6 is 0 Å². The molecule has 2 aromatic heterocycles. The zero-order valence-electron chi connectivity index (χ0n) is 8.78. The van der Waals surface area contributed by atoms with Crippen LogP contribution in [0.1, 0.15) is 13.8 Å². The molecule has 0 unspecified atom stereocenters. The van der Waals surface area contributed by atoms with E-state index in [9.17, 15) is 9.59 Å². The number of H-pyrrole nitrogens is 1. The molecule has 0 fully saturated rings. The molecule has 0 saturated heterocycles. The van der Waals surface area contributed by atoms with Crippen LogP contribution in [0.2, 0.25) is 0 Å². The molecule has 0 saturated carbocycles. The highest BCUT2D eigenvalue weighted by Gasteiger charge is 2.10. The zero-order valence-corrected chi connectivity index (χ0v) is 8.78. The molecule has 0 aliphatic rings.